The van der Waals surface area contributed by atoms with Gasteiger partial charge in [-0.2, -0.15) is 5.26 Å². The van der Waals surface area contributed by atoms with Crippen LogP contribution in [0.4, 0.5) is 4.39 Å². The third kappa shape index (κ3) is 3.32. The van der Waals surface area contributed by atoms with Crippen LogP contribution >= 0.6 is 0 Å². The highest BCUT2D eigenvalue weighted by atomic mass is 19.1. The van der Waals surface area contributed by atoms with Gasteiger partial charge in [0, 0.05) is 12.1 Å². The maximum Gasteiger partial charge on any atom is 0.145 e. The molecule has 1 aromatic carbocycles. The molecule has 1 atom stereocenters. The third-order valence-corrected chi connectivity index (χ3v) is 2.70. The van der Waals surface area contributed by atoms with Crippen molar-refractivity contribution in [2.45, 2.75) is 26.8 Å². The Labute approximate surface area is 96.1 Å². The monoisotopic (exact) mass is 220 g/mol. The summed E-state index contributed by atoms with van der Waals surface area (Å²) in [5.74, 6) is 0.184. The highest BCUT2D eigenvalue weighted by Gasteiger charge is 2.07. The van der Waals surface area contributed by atoms with E-state index in [9.17, 15) is 4.39 Å². The lowest BCUT2D eigenvalue weighted by molar-refractivity contribution is 0.492. The van der Waals surface area contributed by atoms with Gasteiger partial charge in [0.15, 0.2) is 0 Å². The van der Waals surface area contributed by atoms with Crippen LogP contribution in [0.5, 0.6) is 0 Å². The van der Waals surface area contributed by atoms with Gasteiger partial charge in [0.1, 0.15) is 11.9 Å². The van der Waals surface area contributed by atoms with Gasteiger partial charge in [0.2, 0.25) is 0 Å². The zero-order chi connectivity index (χ0) is 12.0. The van der Waals surface area contributed by atoms with Crippen LogP contribution in [0.1, 0.15) is 31.4 Å². The van der Waals surface area contributed by atoms with Crippen molar-refractivity contribution in [2.75, 3.05) is 6.54 Å². The highest BCUT2D eigenvalue weighted by Crippen LogP contribution is 2.11. The van der Waals surface area contributed by atoms with E-state index >= 15 is 0 Å². The lowest BCUT2D eigenvalue weighted by Crippen LogP contribution is -2.21. The number of hydrogen-bond donors (Lipinski definition) is 1. The standard InChI is InChI=1S/C13H17FN2/c1-3-10(2)8-16-9-12-6-4-5-11(7-15)13(12)14/h4-6,10,16H,3,8-9H2,1-2H3. The Morgan fingerprint density at radius 3 is 2.88 bits per heavy atom. The molecule has 0 fully saturated rings. The van der Waals surface area contributed by atoms with Crippen molar-refractivity contribution in [3.05, 3.63) is 35.1 Å². The molecule has 2 nitrogen and oxygen atoms in total. The Kier molecular flexibility index (Phi) is 4.94. The molecule has 16 heavy (non-hydrogen) atoms. The summed E-state index contributed by atoms with van der Waals surface area (Å²) < 4.78 is 13.6. The number of nitriles is 1. The summed E-state index contributed by atoms with van der Waals surface area (Å²) in [6.07, 6.45) is 1.10. The van der Waals surface area contributed by atoms with Crippen molar-refractivity contribution in [3.63, 3.8) is 0 Å². The van der Waals surface area contributed by atoms with Crippen LogP contribution in [0.2, 0.25) is 0 Å². The first-order valence-electron chi connectivity index (χ1n) is 5.57. The SMILES string of the molecule is CCC(C)CNCc1cccc(C#N)c1F. The van der Waals surface area contributed by atoms with E-state index in [4.69, 9.17) is 5.26 Å². The first-order chi connectivity index (χ1) is 7.69. The highest BCUT2D eigenvalue weighted by molar-refractivity contribution is 5.34. The molecule has 1 aromatic rings. The van der Waals surface area contributed by atoms with Gasteiger partial charge in [-0.1, -0.05) is 32.4 Å². The van der Waals surface area contributed by atoms with Gasteiger partial charge in [0.25, 0.3) is 0 Å². The normalized spacial score (nSPS) is 12.1. The fourth-order valence-electron chi connectivity index (χ4n) is 1.40. The van der Waals surface area contributed by atoms with Crippen LogP contribution in [0.15, 0.2) is 18.2 Å². The molecule has 0 spiro atoms. The number of halogens is 1. The Hall–Kier alpha value is -1.40. The lowest BCUT2D eigenvalue weighted by atomic mass is 10.1. The largest absolute Gasteiger partial charge is 0.312 e. The van der Waals surface area contributed by atoms with E-state index in [2.05, 4.69) is 19.2 Å². The molecule has 3 heteroatoms. The van der Waals surface area contributed by atoms with Crippen LogP contribution in [0, 0.1) is 23.1 Å². The first kappa shape index (κ1) is 12.7. The number of nitrogens with zero attached hydrogens (tertiary/aromatic N) is 1. The molecule has 0 amide bonds. The van der Waals surface area contributed by atoms with Crippen molar-refractivity contribution < 1.29 is 4.39 Å². The fourth-order valence-corrected chi connectivity index (χ4v) is 1.40. The minimum absolute atomic E-state index is 0.114. The lowest BCUT2D eigenvalue weighted by Gasteiger charge is -2.10. The Bertz CT molecular complexity index is 382. The van der Waals surface area contributed by atoms with Crippen LogP contribution in [-0.4, -0.2) is 6.54 Å². The molecule has 86 valence electrons. The second-order valence-corrected chi connectivity index (χ2v) is 4.03. The molecule has 0 aliphatic heterocycles. The van der Waals surface area contributed by atoms with E-state index in [1.54, 1.807) is 12.1 Å². The summed E-state index contributed by atoms with van der Waals surface area (Å²) in [7, 11) is 0. The average molecular weight is 220 g/mol. The zero-order valence-electron chi connectivity index (χ0n) is 9.76. The van der Waals surface area contributed by atoms with E-state index in [1.807, 2.05) is 6.07 Å². The Morgan fingerprint density at radius 1 is 1.50 bits per heavy atom. The van der Waals surface area contributed by atoms with Gasteiger partial charge in [-0.05, 0) is 18.5 Å². The summed E-state index contributed by atoms with van der Waals surface area (Å²) in [6.45, 7) is 5.62. The molecule has 0 radical (unpaired) electrons. The van der Waals surface area contributed by atoms with Crippen molar-refractivity contribution in [1.82, 2.24) is 5.32 Å². The topological polar surface area (TPSA) is 35.8 Å². The van der Waals surface area contributed by atoms with Gasteiger partial charge in [-0.3, -0.25) is 0 Å². The number of rotatable bonds is 5. The molecule has 0 bridgehead atoms. The van der Waals surface area contributed by atoms with Crippen LogP contribution in [0.25, 0.3) is 0 Å². The second kappa shape index (κ2) is 6.24. The number of benzene rings is 1. The summed E-state index contributed by atoms with van der Waals surface area (Å²) in [6, 6.07) is 6.76. The molecular formula is C13H17FN2. The Balaban J connectivity index is 2.58. The minimum atomic E-state index is -0.401. The van der Waals surface area contributed by atoms with Crippen molar-refractivity contribution in [1.29, 1.82) is 5.26 Å². The molecule has 0 aliphatic carbocycles. The summed E-state index contributed by atoms with van der Waals surface area (Å²) in [4.78, 5) is 0. The minimum Gasteiger partial charge on any atom is -0.312 e. The molecule has 0 heterocycles. The van der Waals surface area contributed by atoms with Gasteiger partial charge in [-0.25, -0.2) is 4.39 Å². The predicted octanol–water partition coefficient (Wildman–Crippen LogP) is 2.83. The van der Waals surface area contributed by atoms with E-state index in [0.717, 1.165) is 13.0 Å². The van der Waals surface area contributed by atoms with Crippen molar-refractivity contribution in [3.8, 4) is 6.07 Å². The van der Waals surface area contributed by atoms with Crippen LogP contribution in [0.3, 0.4) is 0 Å². The van der Waals surface area contributed by atoms with Crippen LogP contribution in [-0.2, 0) is 6.54 Å². The van der Waals surface area contributed by atoms with E-state index < -0.39 is 5.82 Å². The molecule has 0 aromatic heterocycles. The van der Waals surface area contributed by atoms with Gasteiger partial charge < -0.3 is 5.32 Å². The van der Waals surface area contributed by atoms with Crippen LogP contribution < -0.4 is 5.32 Å². The molecule has 1 rings (SSSR count). The molecule has 1 N–H and O–H groups in total. The molecule has 1 unspecified atom stereocenters. The second-order valence-electron chi connectivity index (χ2n) is 4.03. The van der Waals surface area contributed by atoms with E-state index in [0.29, 0.717) is 18.0 Å². The van der Waals surface area contributed by atoms with Gasteiger partial charge >= 0.3 is 0 Å². The third-order valence-electron chi connectivity index (χ3n) is 2.70. The van der Waals surface area contributed by atoms with Gasteiger partial charge in [-0.15, -0.1) is 0 Å². The maximum absolute atomic E-state index is 13.6. The smallest absolute Gasteiger partial charge is 0.145 e. The van der Waals surface area contributed by atoms with Crippen molar-refractivity contribution in [2.24, 2.45) is 5.92 Å². The summed E-state index contributed by atoms with van der Waals surface area (Å²) in [5.41, 5.74) is 0.671. The van der Waals surface area contributed by atoms with Gasteiger partial charge in [0.05, 0.1) is 5.56 Å². The summed E-state index contributed by atoms with van der Waals surface area (Å²) in [5, 5.41) is 11.9. The predicted molar refractivity (Wildman–Crippen MR) is 62.3 cm³/mol. The summed E-state index contributed by atoms with van der Waals surface area (Å²) >= 11 is 0. The van der Waals surface area contributed by atoms with E-state index in [-0.39, 0.29) is 5.56 Å². The quantitative estimate of drug-likeness (QED) is 0.828. The first-order valence-corrected chi connectivity index (χ1v) is 5.57. The molecule has 0 saturated carbocycles. The van der Waals surface area contributed by atoms with E-state index in [1.165, 1.54) is 6.07 Å². The zero-order valence-corrected chi connectivity index (χ0v) is 9.76. The number of nitrogens with one attached hydrogen (secondary N) is 1. The fraction of sp³-hybridized carbons (Fsp3) is 0.462. The molecule has 0 aliphatic rings. The molecular weight excluding hydrogens is 203 g/mol. The number of hydrogen-bond acceptors (Lipinski definition) is 2. The maximum atomic E-state index is 13.6. The Morgan fingerprint density at radius 2 is 2.25 bits per heavy atom. The van der Waals surface area contributed by atoms with Crippen molar-refractivity contribution >= 4 is 0 Å². The molecule has 0 saturated heterocycles. The average Bonchev–Trinajstić information content (AvgIpc) is 2.31.